The van der Waals surface area contributed by atoms with Crippen LogP contribution in [-0.4, -0.2) is 53.5 Å². The van der Waals surface area contributed by atoms with Crippen LogP contribution in [0.3, 0.4) is 0 Å². The van der Waals surface area contributed by atoms with Crippen molar-refractivity contribution in [3.05, 3.63) is 101 Å². The molecule has 0 aliphatic carbocycles. The van der Waals surface area contributed by atoms with Gasteiger partial charge in [0.2, 0.25) is 10.0 Å². The van der Waals surface area contributed by atoms with Gasteiger partial charge in [-0.05, 0) is 52.9 Å². The fourth-order valence-corrected chi connectivity index (χ4v) is 5.19. The molecule has 8 nitrogen and oxygen atoms in total. The maximum absolute atomic E-state index is 13.3. The number of pyridine rings is 1. The number of hydrogen-bond donors (Lipinski definition) is 1. The van der Waals surface area contributed by atoms with E-state index in [1.165, 1.54) is 43.3 Å². The van der Waals surface area contributed by atoms with Gasteiger partial charge >= 0.3 is 0 Å². The second kappa shape index (κ2) is 10.3. The minimum atomic E-state index is -3.67. The highest BCUT2D eigenvalue weighted by atomic mass is 32.2. The Morgan fingerprint density at radius 1 is 1.03 bits per heavy atom. The molecule has 37 heavy (non-hydrogen) atoms. The summed E-state index contributed by atoms with van der Waals surface area (Å²) in [5.41, 5.74) is 2.72. The molecule has 1 fully saturated rings. The lowest BCUT2D eigenvalue weighted by Gasteiger charge is -2.25. The molecule has 1 saturated heterocycles. The first-order valence-corrected chi connectivity index (χ1v) is 13.3. The number of benzene rings is 2. The van der Waals surface area contributed by atoms with E-state index in [-0.39, 0.29) is 28.3 Å². The molecule has 1 aliphatic heterocycles. The summed E-state index contributed by atoms with van der Waals surface area (Å²) in [5, 5.41) is 11.3. The molecule has 2 heterocycles. The minimum Gasteiger partial charge on any atom is -0.507 e. The molecule has 1 amide bonds. The van der Waals surface area contributed by atoms with E-state index in [0.29, 0.717) is 11.5 Å². The second-order valence-electron chi connectivity index (χ2n) is 9.42. The molecule has 1 unspecified atom stereocenters. The third kappa shape index (κ3) is 5.05. The summed E-state index contributed by atoms with van der Waals surface area (Å²) in [6.45, 7) is 4.28. The van der Waals surface area contributed by atoms with Crippen molar-refractivity contribution in [2.24, 2.45) is 0 Å². The summed E-state index contributed by atoms with van der Waals surface area (Å²) < 4.78 is 26.0. The first-order chi connectivity index (χ1) is 17.5. The van der Waals surface area contributed by atoms with Gasteiger partial charge in [-0.1, -0.05) is 44.2 Å². The highest BCUT2D eigenvalue weighted by molar-refractivity contribution is 7.89. The van der Waals surface area contributed by atoms with Crippen molar-refractivity contribution < 1.29 is 23.1 Å². The number of sulfonamides is 1. The Morgan fingerprint density at radius 3 is 2.22 bits per heavy atom. The average molecular weight is 520 g/mol. The number of ketones is 1. The zero-order valence-electron chi connectivity index (χ0n) is 21.1. The highest BCUT2D eigenvalue weighted by Crippen LogP contribution is 2.40. The number of nitrogens with zero attached hydrogens (tertiary/aromatic N) is 3. The number of Topliss-reactive ketones (excluding diaryl/α,β-unsaturated/α-hetero) is 1. The molecule has 9 heteroatoms. The standard InChI is InChI=1S/C28H29N3O5S/c1-18(2)20-7-9-21(10-8-20)25-24(27(33)28(34)31(25)17-19-6-5-15-29-16-19)26(32)22-11-13-23(14-12-22)37(35,36)30(3)4/h5-16,18,25,32H,17H2,1-4H3/b26-24+. The van der Waals surface area contributed by atoms with Crippen LogP contribution >= 0.6 is 0 Å². The SMILES string of the molecule is CC(C)c1ccc(C2/C(=C(\O)c3ccc(S(=O)(=O)N(C)C)cc3)C(=O)C(=O)N2Cc2cccnc2)cc1. The number of likely N-dealkylation sites (tertiary alicyclic amines) is 1. The molecule has 2 aromatic carbocycles. The zero-order valence-corrected chi connectivity index (χ0v) is 21.9. The maximum atomic E-state index is 13.3. The molecule has 192 valence electrons. The minimum absolute atomic E-state index is 0.0468. The van der Waals surface area contributed by atoms with Gasteiger partial charge in [0.15, 0.2) is 0 Å². The third-order valence-electron chi connectivity index (χ3n) is 6.44. The second-order valence-corrected chi connectivity index (χ2v) is 11.6. The van der Waals surface area contributed by atoms with E-state index in [4.69, 9.17) is 0 Å². The van der Waals surface area contributed by atoms with Crippen LogP contribution in [0, 0.1) is 0 Å². The van der Waals surface area contributed by atoms with Gasteiger partial charge in [-0.15, -0.1) is 0 Å². The van der Waals surface area contributed by atoms with Crippen LogP contribution in [0.5, 0.6) is 0 Å². The van der Waals surface area contributed by atoms with Gasteiger partial charge < -0.3 is 10.0 Å². The predicted molar refractivity (Wildman–Crippen MR) is 140 cm³/mol. The van der Waals surface area contributed by atoms with Gasteiger partial charge in [0.25, 0.3) is 11.7 Å². The zero-order chi connectivity index (χ0) is 26.9. The molecule has 1 aromatic heterocycles. The van der Waals surface area contributed by atoms with Gasteiger partial charge in [0.1, 0.15) is 5.76 Å². The fraction of sp³-hybridized carbons (Fsp3) is 0.250. The number of rotatable bonds is 7. The van der Waals surface area contributed by atoms with Crippen LogP contribution in [-0.2, 0) is 26.2 Å². The highest BCUT2D eigenvalue weighted by Gasteiger charge is 2.46. The van der Waals surface area contributed by atoms with Crippen molar-refractivity contribution in [3.63, 3.8) is 0 Å². The summed E-state index contributed by atoms with van der Waals surface area (Å²) in [7, 11) is -0.810. The van der Waals surface area contributed by atoms with Crippen molar-refractivity contribution in [1.29, 1.82) is 0 Å². The van der Waals surface area contributed by atoms with Crippen LogP contribution in [0.15, 0.2) is 83.5 Å². The predicted octanol–water partition coefficient (Wildman–Crippen LogP) is 4.08. The number of carbonyl (C=O) groups is 2. The largest absolute Gasteiger partial charge is 0.507 e. The molecule has 4 rings (SSSR count). The Bertz CT molecular complexity index is 1450. The lowest BCUT2D eigenvalue weighted by molar-refractivity contribution is -0.140. The Kier molecular flexibility index (Phi) is 7.29. The number of hydrogen-bond acceptors (Lipinski definition) is 6. The van der Waals surface area contributed by atoms with E-state index in [1.54, 1.807) is 18.5 Å². The number of aromatic nitrogens is 1. The van der Waals surface area contributed by atoms with Gasteiger partial charge in [-0.2, -0.15) is 0 Å². The van der Waals surface area contributed by atoms with Crippen molar-refractivity contribution >= 4 is 27.5 Å². The first-order valence-electron chi connectivity index (χ1n) is 11.8. The van der Waals surface area contributed by atoms with E-state index in [9.17, 15) is 23.1 Å². The molecule has 0 spiro atoms. The molecule has 1 aliphatic rings. The van der Waals surface area contributed by atoms with Crippen molar-refractivity contribution in [2.75, 3.05) is 14.1 Å². The lowest BCUT2D eigenvalue weighted by Crippen LogP contribution is -2.29. The number of carbonyl (C=O) groups excluding carboxylic acids is 2. The number of aliphatic hydroxyl groups excluding tert-OH is 1. The normalized spacial score (nSPS) is 17.7. The summed E-state index contributed by atoms with van der Waals surface area (Å²) >= 11 is 0. The average Bonchev–Trinajstić information content (AvgIpc) is 3.13. The van der Waals surface area contributed by atoms with Gasteiger partial charge in [0.05, 0.1) is 16.5 Å². The smallest absolute Gasteiger partial charge is 0.295 e. The fourth-order valence-electron chi connectivity index (χ4n) is 4.29. The number of amides is 1. The molecule has 1 N–H and O–H groups in total. The monoisotopic (exact) mass is 519 g/mol. The van der Waals surface area contributed by atoms with Crippen LogP contribution in [0.25, 0.3) is 5.76 Å². The summed E-state index contributed by atoms with van der Waals surface area (Å²) in [5.74, 6) is -1.59. The first kappa shape index (κ1) is 26.2. The molecule has 3 aromatic rings. The van der Waals surface area contributed by atoms with Crippen molar-refractivity contribution in [3.8, 4) is 0 Å². The van der Waals surface area contributed by atoms with E-state index >= 15 is 0 Å². The van der Waals surface area contributed by atoms with Crippen LogP contribution in [0.4, 0.5) is 0 Å². The van der Waals surface area contributed by atoms with Gasteiger partial charge in [0, 0.05) is 38.6 Å². The quantitative estimate of drug-likeness (QED) is 0.286. The van der Waals surface area contributed by atoms with Crippen LogP contribution < -0.4 is 0 Å². The molecule has 0 radical (unpaired) electrons. The molecule has 1 atom stereocenters. The molecule has 0 saturated carbocycles. The van der Waals surface area contributed by atoms with E-state index < -0.39 is 27.8 Å². The number of aliphatic hydroxyl groups is 1. The van der Waals surface area contributed by atoms with E-state index in [1.807, 2.05) is 30.3 Å². The Morgan fingerprint density at radius 2 is 1.68 bits per heavy atom. The van der Waals surface area contributed by atoms with Crippen molar-refractivity contribution in [1.82, 2.24) is 14.2 Å². The Labute approximate surface area is 216 Å². The Balaban J connectivity index is 1.83. The van der Waals surface area contributed by atoms with E-state index in [0.717, 1.165) is 15.4 Å². The molecular weight excluding hydrogens is 490 g/mol. The van der Waals surface area contributed by atoms with Gasteiger partial charge in [-0.25, -0.2) is 12.7 Å². The van der Waals surface area contributed by atoms with Crippen molar-refractivity contribution in [2.45, 2.75) is 37.2 Å². The van der Waals surface area contributed by atoms with Crippen LogP contribution in [0.1, 0.15) is 48.1 Å². The Hall–Kier alpha value is -3.82. The molecule has 0 bridgehead atoms. The summed E-state index contributed by atoms with van der Waals surface area (Å²) in [4.78, 5) is 32.1. The summed E-state index contributed by atoms with van der Waals surface area (Å²) in [6.07, 6.45) is 3.25. The van der Waals surface area contributed by atoms with Gasteiger partial charge in [-0.3, -0.25) is 14.6 Å². The summed E-state index contributed by atoms with van der Waals surface area (Å²) in [6, 6.07) is 16.0. The third-order valence-corrected chi connectivity index (χ3v) is 8.27. The topological polar surface area (TPSA) is 108 Å². The van der Waals surface area contributed by atoms with E-state index in [2.05, 4.69) is 18.8 Å². The lowest BCUT2D eigenvalue weighted by atomic mass is 9.93. The molecular formula is C28H29N3O5S. The maximum Gasteiger partial charge on any atom is 0.295 e. The van der Waals surface area contributed by atoms with Crippen LogP contribution in [0.2, 0.25) is 0 Å².